The number of hydrogen-bond donors (Lipinski definition) is 1. The van der Waals surface area contributed by atoms with Crippen LogP contribution in [0.1, 0.15) is 80.1 Å². The molecule has 3 heteroatoms. The van der Waals surface area contributed by atoms with Crippen LogP contribution in [0.15, 0.2) is 0 Å². The molecule has 0 radical (unpaired) electrons. The van der Waals surface area contributed by atoms with Crippen molar-refractivity contribution < 1.29 is 9.46 Å². The predicted octanol–water partition coefficient (Wildman–Crippen LogP) is 5.77. The van der Waals surface area contributed by atoms with Crippen LogP contribution >= 0.6 is 8.03 Å². The summed E-state index contributed by atoms with van der Waals surface area (Å²) in [5.74, 6) is 0.933. The molecule has 114 valence electrons. The lowest BCUT2D eigenvalue weighted by Crippen LogP contribution is -2.22. The van der Waals surface area contributed by atoms with Crippen molar-refractivity contribution in [1.82, 2.24) is 0 Å². The van der Waals surface area contributed by atoms with Crippen molar-refractivity contribution in [2.75, 3.05) is 0 Å². The minimum Gasteiger partial charge on any atom is -0.161 e. The van der Waals surface area contributed by atoms with Crippen LogP contribution < -0.4 is 0 Å². The molecule has 0 saturated carbocycles. The largest absolute Gasteiger partial charge is 0.508 e. The van der Waals surface area contributed by atoms with Gasteiger partial charge in [-0.25, -0.2) is 0 Å². The van der Waals surface area contributed by atoms with Crippen LogP contribution in [0.3, 0.4) is 0 Å². The van der Waals surface area contributed by atoms with Gasteiger partial charge in [-0.2, -0.15) is 4.89 Å². The molecule has 0 aromatic rings. The molecule has 0 aliphatic carbocycles. The molecule has 0 fully saturated rings. The van der Waals surface area contributed by atoms with Gasteiger partial charge in [0.15, 0.2) is 5.66 Å². The van der Waals surface area contributed by atoms with Crippen molar-refractivity contribution in [3.05, 3.63) is 0 Å². The molecular weight excluding hydrogens is 255 g/mol. The normalized spacial score (nSPS) is 17.9. The molecule has 0 aromatic heterocycles. The van der Waals surface area contributed by atoms with Gasteiger partial charge >= 0.3 is 8.03 Å². The van der Waals surface area contributed by atoms with E-state index in [1.165, 1.54) is 12.8 Å². The van der Waals surface area contributed by atoms with Gasteiger partial charge < -0.3 is 0 Å². The molecule has 0 bridgehead atoms. The Labute approximate surface area is 121 Å². The van der Waals surface area contributed by atoms with Gasteiger partial charge in [0, 0.05) is 5.92 Å². The SMILES string of the molecule is CCCCC(CC)C(CC(C)CC(C)(C)C)[P+](=O)O. The second-order valence-electron chi connectivity index (χ2n) is 7.29. The molecule has 0 aliphatic heterocycles. The van der Waals surface area contributed by atoms with E-state index >= 15 is 0 Å². The summed E-state index contributed by atoms with van der Waals surface area (Å²) in [5.41, 5.74) is 0.292. The molecule has 1 N–H and O–H groups in total. The van der Waals surface area contributed by atoms with Crippen molar-refractivity contribution >= 4 is 8.03 Å². The van der Waals surface area contributed by atoms with Gasteiger partial charge in [-0.15, -0.1) is 0 Å². The van der Waals surface area contributed by atoms with Crippen molar-refractivity contribution in [2.45, 2.75) is 85.7 Å². The average Bonchev–Trinajstić information content (AvgIpc) is 2.25. The van der Waals surface area contributed by atoms with Crippen molar-refractivity contribution in [3.63, 3.8) is 0 Å². The summed E-state index contributed by atoms with van der Waals surface area (Å²) in [5, 5.41) is 0. The lowest BCUT2D eigenvalue weighted by Gasteiger charge is -2.25. The first-order valence-electron chi connectivity index (χ1n) is 7.86. The summed E-state index contributed by atoms with van der Waals surface area (Å²) < 4.78 is 11.7. The highest BCUT2D eigenvalue weighted by Gasteiger charge is 2.37. The summed E-state index contributed by atoms with van der Waals surface area (Å²) in [6.45, 7) is 13.3. The summed E-state index contributed by atoms with van der Waals surface area (Å²) in [6, 6.07) is 0. The monoisotopic (exact) mass is 289 g/mol. The Hall–Kier alpha value is 0.0600. The molecule has 0 amide bonds. The number of rotatable bonds is 9. The molecule has 0 heterocycles. The van der Waals surface area contributed by atoms with Crippen LogP contribution in [-0.4, -0.2) is 10.6 Å². The van der Waals surface area contributed by atoms with Crippen molar-refractivity contribution in [1.29, 1.82) is 0 Å². The Kier molecular flexibility index (Phi) is 9.11. The van der Waals surface area contributed by atoms with Crippen LogP contribution in [0, 0.1) is 17.3 Å². The second kappa shape index (κ2) is 9.08. The molecule has 0 spiro atoms. The zero-order chi connectivity index (χ0) is 15.1. The molecule has 0 aliphatic rings. The maximum atomic E-state index is 11.7. The second-order valence-corrected chi connectivity index (χ2v) is 8.55. The standard InChI is InChI=1S/C16H33O2P/c1-7-9-10-14(8-2)15(19(17)18)11-13(3)12-16(4,5)6/h13-15H,7-12H2,1-6H3/p+1. The van der Waals surface area contributed by atoms with Gasteiger partial charge in [-0.1, -0.05) is 54.4 Å². The predicted molar refractivity (Wildman–Crippen MR) is 84.8 cm³/mol. The lowest BCUT2D eigenvalue weighted by atomic mass is 9.81. The Morgan fingerprint density at radius 1 is 1.21 bits per heavy atom. The minimum absolute atomic E-state index is 0.0103. The first-order chi connectivity index (χ1) is 8.71. The molecule has 2 nitrogen and oxygen atoms in total. The van der Waals surface area contributed by atoms with E-state index in [0.717, 1.165) is 25.7 Å². The Bertz CT molecular complexity index is 258. The maximum Gasteiger partial charge on any atom is 0.508 e. The topological polar surface area (TPSA) is 37.3 Å². The first kappa shape index (κ1) is 19.1. The zero-order valence-corrected chi connectivity index (χ0v) is 14.7. The summed E-state index contributed by atoms with van der Waals surface area (Å²) >= 11 is 0. The van der Waals surface area contributed by atoms with Crippen molar-refractivity contribution in [2.24, 2.45) is 17.3 Å². The van der Waals surface area contributed by atoms with E-state index in [9.17, 15) is 9.46 Å². The minimum atomic E-state index is -2.05. The van der Waals surface area contributed by atoms with E-state index in [2.05, 4.69) is 41.5 Å². The molecule has 4 atom stereocenters. The zero-order valence-electron chi connectivity index (χ0n) is 13.8. The van der Waals surface area contributed by atoms with E-state index in [0.29, 0.717) is 17.3 Å². The highest BCUT2D eigenvalue weighted by Crippen LogP contribution is 2.40. The highest BCUT2D eigenvalue weighted by molar-refractivity contribution is 7.38. The Balaban J connectivity index is 4.58. The lowest BCUT2D eigenvalue weighted by molar-refractivity contribution is 0.272. The third-order valence-corrected chi connectivity index (χ3v) is 5.09. The molecule has 0 rings (SSSR count). The highest BCUT2D eigenvalue weighted by atomic mass is 31.1. The van der Waals surface area contributed by atoms with E-state index < -0.39 is 8.03 Å². The average molecular weight is 289 g/mol. The van der Waals surface area contributed by atoms with Gasteiger partial charge in [-0.3, -0.25) is 0 Å². The van der Waals surface area contributed by atoms with Crippen LogP contribution in [0.25, 0.3) is 0 Å². The van der Waals surface area contributed by atoms with Crippen LogP contribution in [0.4, 0.5) is 0 Å². The van der Waals surface area contributed by atoms with E-state index in [4.69, 9.17) is 0 Å². The molecule has 0 aromatic carbocycles. The van der Waals surface area contributed by atoms with Crippen LogP contribution in [0.5, 0.6) is 0 Å². The van der Waals surface area contributed by atoms with Crippen LogP contribution in [0.2, 0.25) is 0 Å². The fourth-order valence-electron chi connectivity index (χ4n) is 3.14. The van der Waals surface area contributed by atoms with Gasteiger partial charge in [0.05, 0.1) is 0 Å². The fraction of sp³-hybridized carbons (Fsp3) is 1.00. The van der Waals surface area contributed by atoms with Gasteiger partial charge in [0.1, 0.15) is 0 Å². The molecular formula is C16H34O2P+. The third kappa shape index (κ3) is 8.76. The third-order valence-electron chi connectivity index (χ3n) is 3.89. The smallest absolute Gasteiger partial charge is 0.161 e. The summed E-state index contributed by atoms with van der Waals surface area (Å²) in [7, 11) is -2.05. The van der Waals surface area contributed by atoms with E-state index in [1.54, 1.807) is 0 Å². The Morgan fingerprint density at radius 2 is 1.79 bits per heavy atom. The van der Waals surface area contributed by atoms with Gasteiger partial charge in [0.25, 0.3) is 0 Å². The van der Waals surface area contributed by atoms with Gasteiger partial charge in [-0.05, 0) is 41.6 Å². The summed E-state index contributed by atoms with van der Waals surface area (Å²) in [6.07, 6.45) is 6.48. The quantitative estimate of drug-likeness (QED) is 0.547. The number of unbranched alkanes of at least 4 members (excludes halogenated alkanes) is 1. The Morgan fingerprint density at radius 3 is 2.16 bits per heavy atom. The first-order valence-corrected chi connectivity index (χ1v) is 9.14. The van der Waals surface area contributed by atoms with Crippen LogP contribution in [-0.2, 0) is 4.57 Å². The van der Waals surface area contributed by atoms with E-state index in [-0.39, 0.29) is 5.66 Å². The molecule has 0 saturated heterocycles. The number of hydrogen-bond acceptors (Lipinski definition) is 1. The summed E-state index contributed by atoms with van der Waals surface area (Å²) in [4.78, 5) is 9.67. The fourth-order valence-corrected chi connectivity index (χ4v) is 4.40. The van der Waals surface area contributed by atoms with E-state index in [1.807, 2.05) is 0 Å². The van der Waals surface area contributed by atoms with Crippen molar-refractivity contribution in [3.8, 4) is 0 Å². The van der Waals surface area contributed by atoms with Gasteiger partial charge in [0.2, 0.25) is 0 Å². The molecule has 19 heavy (non-hydrogen) atoms. The maximum absolute atomic E-state index is 11.7. The molecule has 4 unspecified atom stereocenters.